The summed E-state index contributed by atoms with van der Waals surface area (Å²) in [6.45, 7) is 9.61. The van der Waals surface area contributed by atoms with Crippen molar-refractivity contribution in [2.75, 3.05) is 6.54 Å². The molecular formula is C17H26ClNO. The van der Waals surface area contributed by atoms with Crippen molar-refractivity contribution < 1.29 is 4.74 Å². The van der Waals surface area contributed by atoms with Gasteiger partial charge >= 0.3 is 0 Å². The van der Waals surface area contributed by atoms with Gasteiger partial charge in [0, 0.05) is 11.6 Å². The maximum Gasteiger partial charge on any atom is 0.127 e. The van der Waals surface area contributed by atoms with Gasteiger partial charge in [0.05, 0.1) is 0 Å². The van der Waals surface area contributed by atoms with E-state index in [0.717, 1.165) is 18.7 Å². The van der Waals surface area contributed by atoms with E-state index in [2.05, 4.69) is 63.4 Å². The number of fused-ring (bicyclic) bond motifs is 1. The van der Waals surface area contributed by atoms with E-state index in [1.165, 1.54) is 17.5 Å². The van der Waals surface area contributed by atoms with E-state index in [1.807, 2.05) is 0 Å². The highest BCUT2D eigenvalue weighted by atomic mass is 35.5. The van der Waals surface area contributed by atoms with Crippen LogP contribution in [-0.4, -0.2) is 18.2 Å². The minimum atomic E-state index is -0.185. The third kappa shape index (κ3) is 4.84. The minimum Gasteiger partial charge on any atom is -0.483 e. The molecule has 20 heavy (non-hydrogen) atoms. The highest BCUT2D eigenvalue weighted by Crippen LogP contribution is 2.31. The molecule has 1 N–H and O–H groups in total. The predicted octanol–water partition coefficient (Wildman–Crippen LogP) is 4.22. The van der Waals surface area contributed by atoms with Crippen LogP contribution in [0.2, 0.25) is 0 Å². The SMILES string of the molecule is CC(C)NCCCc1ccc2c(c1)C=CC(C)(C)O2.Cl. The molecular weight excluding hydrogens is 270 g/mol. The van der Waals surface area contributed by atoms with Crippen molar-refractivity contribution >= 4 is 18.5 Å². The fourth-order valence-electron chi connectivity index (χ4n) is 2.27. The normalized spacial score (nSPS) is 15.4. The first-order chi connectivity index (χ1) is 8.96. The summed E-state index contributed by atoms with van der Waals surface area (Å²) in [6.07, 6.45) is 6.59. The van der Waals surface area contributed by atoms with Gasteiger partial charge in [-0.05, 0) is 57.0 Å². The molecule has 0 unspecified atom stereocenters. The Morgan fingerprint density at radius 2 is 2.00 bits per heavy atom. The quantitative estimate of drug-likeness (QED) is 0.821. The molecule has 0 fully saturated rings. The number of nitrogens with one attached hydrogen (secondary N) is 1. The first kappa shape index (κ1) is 17.1. The molecule has 0 amide bonds. The molecule has 1 aliphatic heterocycles. The van der Waals surface area contributed by atoms with Gasteiger partial charge in [-0.15, -0.1) is 12.4 Å². The van der Waals surface area contributed by atoms with Crippen LogP contribution >= 0.6 is 12.4 Å². The summed E-state index contributed by atoms with van der Waals surface area (Å²) >= 11 is 0. The van der Waals surface area contributed by atoms with Gasteiger partial charge in [-0.1, -0.05) is 26.0 Å². The second-order valence-electron chi connectivity index (χ2n) is 6.12. The van der Waals surface area contributed by atoms with Crippen molar-refractivity contribution in [3.8, 4) is 5.75 Å². The topological polar surface area (TPSA) is 21.3 Å². The zero-order valence-electron chi connectivity index (χ0n) is 12.9. The van der Waals surface area contributed by atoms with Crippen LogP contribution in [0.4, 0.5) is 0 Å². The molecule has 0 atom stereocenters. The zero-order chi connectivity index (χ0) is 13.9. The molecule has 2 nitrogen and oxygen atoms in total. The largest absolute Gasteiger partial charge is 0.483 e. The van der Waals surface area contributed by atoms with Gasteiger partial charge in [-0.2, -0.15) is 0 Å². The Morgan fingerprint density at radius 3 is 2.70 bits per heavy atom. The Labute approximate surface area is 129 Å². The lowest BCUT2D eigenvalue weighted by Gasteiger charge is -2.28. The van der Waals surface area contributed by atoms with Crippen molar-refractivity contribution in [1.82, 2.24) is 5.32 Å². The van der Waals surface area contributed by atoms with Crippen molar-refractivity contribution in [3.05, 3.63) is 35.4 Å². The molecule has 1 aromatic rings. The standard InChI is InChI=1S/C17H25NO.ClH/c1-13(2)18-11-5-6-14-7-8-16-15(12-14)9-10-17(3,4)19-16;/h7-10,12-13,18H,5-6,11H2,1-4H3;1H. The van der Waals surface area contributed by atoms with Crippen LogP contribution in [0.15, 0.2) is 24.3 Å². The molecule has 0 radical (unpaired) electrons. The third-order valence-electron chi connectivity index (χ3n) is 3.31. The summed E-state index contributed by atoms with van der Waals surface area (Å²) in [5.74, 6) is 0.997. The molecule has 1 heterocycles. The summed E-state index contributed by atoms with van der Waals surface area (Å²) in [6, 6.07) is 7.10. The van der Waals surface area contributed by atoms with Crippen molar-refractivity contribution in [2.24, 2.45) is 0 Å². The Bertz CT molecular complexity index is 466. The van der Waals surface area contributed by atoms with Crippen molar-refractivity contribution in [2.45, 2.75) is 52.2 Å². The number of ether oxygens (including phenoxy) is 1. The fourth-order valence-corrected chi connectivity index (χ4v) is 2.27. The van der Waals surface area contributed by atoms with Crippen LogP contribution in [0.5, 0.6) is 5.75 Å². The Kier molecular flexibility index (Phi) is 6.09. The summed E-state index contributed by atoms with van der Waals surface area (Å²) in [5.41, 5.74) is 2.40. The second-order valence-corrected chi connectivity index (χ2v) is 6.12. The summed E-state index contributed by atoms with van der Waals surface area (Å²) in [7, 11) is 0. The van der Waals surface area contributed by atoms with E-state index in [0.29, 0.717) is 6.04 Å². The van der Waals surface area contributed by atoms with Crippen molar-refractivity contribution in [1.29, 1.82) is 0 Å². The highest BCUT2D eigenvalue weighted by Gasteiger charge is 2.21. The lowest BCUT2D eigenvalue weighted by molar-refractivity contribution is 0.159. The zero-order valence-corrected chi connectivity index (χ0v) is 13.7. The van der Waals surface area contributed by atoms with Gasteiger partial charge in [-0.3, -0.25) is 0 Å². The molecule has 2 rings (SSSR count). The summed E-state index contributed by atoms with van der Waals surface area (Å²) in [4.78, 5) is 0. The van der Waals surface area contributed by atoms with Gasteiger partial charge in [0.1, 0.15) is 11.4 Å². The van der Waals surface area contributed by atoms with E-state index < -0.39 is 0 Å². The average molecular weight is 296 g/mol. The fraction of sp³-hybridized carbons (Fsp3) is 0.529. The highest BCUT2D eigenvalue weighted by molar-refractivity contribution is 5.85. The summed E-state index contributed by atoms with van der Waals surface area (Å²) in [5, 5.41) is 3.45. The smallest absolute Gasteiger partial charge is 0.127 e. The van der Waals surface area contributed by atoms with Gasteiger partial charge in [0.25, 0.3) is 0 Å². The average Bonchev–Trinajstić information content (AvgIpc) is 2.33. The lowest BCUT2D eigenvalue weighted by Crippen LogP contribution is -2.27. The molecule has 0 bridgehead atoms. The lowest BCUT2D eigenvalue weighted by atomic mass is 9.99. The Balaban J connectivity index is 0.00000200. The first-order valence-corrected chi connectivity index (χ1v) is 7.21. The molecule has 3 heteroatoms. The van der Waals surface area contributed by atoms with Crippen LogP contribution < -0.4 is 10.1 Å². The van der Waals surface area contributed by atoms with E-state index in [1.54, 1.807) is 0 Å². The van der Waals surface area contributed by atoms with Crippen molar-refractivity contribution in [3.63, 3.8) is 0 Å². The van der Waals surface area contributed by atoms with Crippen LogP contribution in [-0.2, 0) is 6.42 Å². The number of aryl methyl sites for hydroxylation is 1. The van der Waals surface area contributed by atoms with Crippen LogP contribution in [0.3, 0.4) is 0 Å². The molecule has 0 spiro atoms. The molecule has 1 aromatic carbocycles. The number of hydrogen-bond donors (Lipinski definition) is 1. The number of hydrogen-bond acceptors (Lipinski definition) is 2. The van der Waals surface area contributed by atoms with Gasteiger partial charge < -0.3 is 10.1 Å². The predicted molar refractivity (Wildman–Crippen MR) is 88.9 cm³/mol. The molecule has 0 aliphatic carbocycles. The number of rotatable bonds is 5. The first-order valence-electron chi connectivity index (χ1n) is 7.21. The van der Waals surface area contributed by atoms with E-state index in [4.69, 9.17) is 4.74 Å². The molecule has 112 valence electrons. The molecule has 0 saturated heterocycles. The van der Waals surface area contributed by atoms with E-state index in [-0.39, 0.29) is 18.0 Å². The van der Waals surface area contributed by atoms with E-state index >= 15 is 0 Å². The Morgan fingerprint density at radius 1 is 1.25 bits per heavy atom. The van der Waals surface area contributed by atoms with Crippen LogP contribution in [0, 0.1) is 0 Å². The molecule has 0 aromatic heterocycles. The molecule has 1 aliphatic rings. The second kappa shape index (κ2) is 7.14. The monoisotopic (exact) mass is 295 g/mol. The number of halogens is 1. The molecule has 0 saturated carbocycles. The Hall–Kier alpha value is -0.990. The maximum absolute atomic E-state index is 5.93. The van der Waals surface area contributed by atoms with Gasteiger partial charge in [-0.25, -0.2) is 0 Å². The van der Waals surface area contributed by atoms with Gasteiger partial charge in [0.15, 0.2) is 0 Å². The van der Waals surface area contributed by atoms with Gasteiger partial charge in [0.2, 0.25) is 0 Å². The van der Waals surface area contributed by atoms with Crippen LogP contribution in [0.1, 0.15) is 45.2 Å². The third-order valence-corrected chi connectivity index (χ3v) is 3.31. The number of benzene rings is 1. The van der Waals surface area contributed by atoms with E-state index in [9.17, 15) is 0 Å². The maximum atomic E-state index is 5.93. The summed E-state index contributed by atoms with van der Waals surface area (Å²) < 4.78 is 5.93. The minimum absolute atomic E-state index is 0. The van der Waals surface area contributed by atoms with Crippen LogP contribution in [0.25, 0.3) is 6.08 Å².